The van der Waals surface area contributed by atoms with Gasteiger partial charge in [-0.1, -0.05) is 0 Å². The van der Waals surface area contributed by atoms with Crippen molar-refractivity contribution in [2.24, 2.45) is 0 Å². The third-order valence-corrected chi connectivity index (χ3v) is 2.69. The first kappa shape index (κ1) is 14.4. The van der Waals surface area contributed by atoms with Crippen molar-refractivity contribution in [3.8, 4) is 5.75 Å². The van der Waals surface area contributed by atoms with Crippen LogP contribution in [0.25, 0.3) is 0 Å². The number of benzene rings is 1. The SMILES string of the molecule is CC(C)(C)Oc1ccc(S(=O)(=O)O)cc1[N+](=O)[O-]. The second kappa shape index (κ2) is 4.54. The highest BCUT2D eigenvalue weighted by Crippen LogP contribution is 2.32. The molecule has 8 heteroatoms. The van der Waals surface area contributed by atoms with Gasteiger partial charge in [-0.05, 0) is 32.9 Å². The molecule has 0 amide bonds. The van der Waals surface area contributed by atoms with Crippen molar-refractivity contribution >= 4 is 15.8 Å². The van der Waals surface area contributed by atoms with Crippen LogP contribution < -0.4 is 4.74 Å². The molecule has 1 aromatic rings. The van der Waals surface area contributed by atoms with Crippen molar-refractivity contribution in [3.05, 3.63) is 28.3 Å². The Labute approximate surface area is 104 Å². The van der Waals surface area contributed by atoms with Crippen molar-refractivity contribution in [2.45, 2.75) is 31.3 Å². The molecular weight excluding hydrogens is 262 g/mol. The van der Waals surface area contributed by atoms with Crippen LogP contribution >= 0.6 is 0 Å². The Morgan fingerprint density at radius 2 is 1.89 bits per heavy atom. The molecule has 7 nitrogen and oxygen atoms in total. The van der Waals surface area contributed by atoms with Gasteiger partial charge in [0.05, 0.1) is 4.92 Å². The number of nitro benzene ring substituents is 1. The fraction of sp³-hybridized carbons (Fsp3) is 0.400. The van der Waals surface area contributed by atoms with Crippen LogP contribution in [-0.4, -0.2) is 23.5 Å². The van der Waals surface area contributed by atoms with Crippen molar-refractivity contribution < 1.29 is 22.6 Å². The van der Waals surface area contributed by atoms with Crippen LogP contribution in [0.3, 0.4) is 0 Å². The third kappa shape index (κ3) is 3.67. The number of ether oxygens (including phenoxy) is 1. The normalized spacial score (nSPS) is 12.2. The van der Waals surface area contributed by atoms with E-state index in [1.165, 1.54) is 0 Å². The standard InChI is InChI=1S/C10H13NO6S/c1-10(2,3)17-9-5-4-7(18(14,15)16)6-8(9)11(12)13/h4-6H,1-3H3,(H,14,15,16). The summed E-state index contributed by atoms with van der Waals surface area (Å²) in [6, 6.07) is 2.95. The first-order valence-electron chi connectivity index (χ1n) is 4.96. The van der Waals surface area contributed by atoms with E-state index in [0.717, 1.165) is 18.2 Å². The number of hydrogen-bond donors (Lipinski definition) is 1. The highest BCUT2D eigenvalue weighted by Gasteiger charge is 2.24. The van der Waals surface area contributed by atoms with E-state index in [1.54, 1.807) is 20.8 Å². The summed E-state index contributed by atoms with van der Waals surface area (Å²) in [5.41, 5.74) is -1.18. The summed E-state index contributed by atoms with van der Waals surface area (Å²) in [5.74, 6) is -0.0556. The molecule has 0 unspecified atom stereocenters. The molecule has 0 spiro atoms. The molecule has 0 fully saturated rings. The zero-order chi connectivity index (χ0) is 14.1. The molecule has 0 heterocycles. The Bertz CT molecular complexity index is 573. The van der Waals surface area contributed by atoms with Crippen molar-refractivity contribution in [3.63, 3.8) is 0 Å². The largest absolute Gasteiger partial charge is 0.481 e. The summed E-state index contributed by atoms with van der Waals surface area (Å²) >= 11 is 0. The Kier molecular flexibility index (Phi) is 3.63. The van der Waals surface area contributed by atoms with E-state index in [2.05, 4.69) is 0 Å². The molecule has 0 radical (unpaired) electrons. The van der Waals surface area contributed by atoms with E-state index in [-0.39, 0.29) is 5.75 Å². The fourth-order valence-corrected chi connectivity index (χ4v) is 1.72. The van der Waals surface area contributed by atoms with Gasteiger partial charge >= 0.3 is 5.69 Å². The molecule has 1 N–H and O–H groups in total. The minimum Gasteiger partial charge on any atom is -0.481 e. The number of rotatable bonds is 3. The maximum Gasteiger partial charge on any atom is 0.312 e. The summed E-state index contributed by atoms with van der Waals surface area (Å²) in [5, 5.41) is 10.8. The second-order valence-electron chi connectivity index (χ2n) is 4.58. The van der Waals surface area contributed by atoms with Gasteiger partial charge in [0.25, 0.3) is 10.1 Å². The van der Waals surface area contributed by atoms with Crippen LogP contribution in [0.4, 0.5) is 5.69 Å². The van der Waals surface area contributed by atoms with Gasteiger partial charge in [-0.15, -0.1) is 0 Å². The van der Waals surface area contributed by atoms with E-state index in [9.17, 15) is 18.5 Å². The molecule has 0 aliphatic heterocycles. The van der Waals surface area contributed by atoms with Crippen molar-refractivity contribution in [1.29, 1.82) is 0 Å². The molecule has 0 aliphatic carbocycles. The summed E-state index contributed by atoms with van der Waals surface area (Å²) < 4.78 is 36.0. The highest BCUT2D eigenvalue weighted by atomic mass is 32.2. The summed E-state index contributed by atoms with van der Waals surface area (Å²) in [6.07, 6.45) is 0. The molecule has 0 aromatic heterocycles. The van der Waals surface area contributed by atoms with Gasteiger partial charge in [-0.2, -0.15) is 8.42 Å². The van der Waals surface area contributed by atoms with Gasteiger partial charge in [0, 0.05) is 6.07 Å². The molecule has 0 atom stereocenters. The Hall–Kier alpha value is -1.67. The Morgan fingerprint density at radius 3 is 2.28 bits per heavy atom. The maximum absolute atomic E-state index is 10.9. The van der Waals surface area contributed by atoms with Crippen LogP contribution in [0, 0.1) is 10.1 Å². The molecule has 0 aliphatic rings. The summed E-state index contributed by atoms with van der Waals surface area (Å²) in [7, 11) is -4.48. The van der Waals surface area contributed by atoms with Crippen LogP contribution in [0.1, 0.15) is 20.8 Å². The van der Waals surface area contributed by atoms with Crippen LogP contribution in [-0.2, 0) is 10.1 Å². The monoisotopic (exact) mass is 275 g/mol. The lowest BCUT2D eigenvalue weighted by atomic mass is 10.2. The smallest absolute Gasteiger partial charge is 0.312 e. The van der Waals surface area contributed by atoms with E-state index in [4.69, 9.17) is 9.29 Å². The maximum atomic E-state index is 10.9. The topological polar surface area (TPSA) is 107 Å². The Morgan fingerprint density at radius 1 is 1.33 bits per heavy atom. The van der Waals surface area contributed by atoms with Crippen molar-refractivity contribution in [2.75, 3.05) is 0 Å². The lowest BCUT2D eigenvalue weighted by Gasteiger charge is -2.20. The number of nitro groups is 1. The molecule has 1 rings (SSSR count). The summed E-state index contributed by atoms with van der Waals surface area (Å²) in [4.78, 5) is 9.52. The predicted octanol–water partition coefficient (Wildman–Crippen LogP) is 2.02. The van der Waals surface area contributed by atoms with Crippen LogP contribution in [0.15, 0.2) is 23.1 Å². The van der Waals surface area contributed by atoms with Crippen LogP contribution in [0.5, 0.6) is 5.75 Å². The van der Waals surface area contributed by atoms with Gasteiger partial charge in [0.1, 0.15) is 10.5 Å². The Balaban J connectivity index is 3.35. The molecule has 0 saturated heterocycles. The molecule has 18 heavy (non-hydrogen) atoms. The lowest BCUT2D eigenvalue weighted by Crippen LogP contribution is -2.23. The first-order chi connectivity index (χ1) is 8.00. The van der Waals surface area contributed by atoms with Gasteiger partial charge in [-0.25, -0.2) is 0 Å². The molecular formula is C10H13NO6S. The van der Waals surface area contributed by atoms with E-state index < -0.39 is 31.2 Å². The number of nitrogens with zero attached hydrogens (tertiary/aromatic N) is 1. The number of hydrogen-bond acceptors (Lipinski definition) is 5. The molecule has 0 saturated carbocycles. The zero-order valence-corrected chi connectivity index (χ0v) is 10.9. The van der Waals surface area contributed by atoms with E-state index >= 15 is 0 Å². The second-order valence-corrected chi connectivity index (χ2v) is 6.00. The summed E-state index contributed by atoms with van der Waals surface area (Å²) in [6.45, 7) is 5.11. The highest BCUT2D eigenvalue weighted by molar-refractivity contribution is 7.85. The van der Waals surface area contributed by atoms with Gasteiger partial charge in [0.2, 0.25) is 0 Å². The molecule has 1 aromatic carbocycles. The van der Waals surface area contributed by atoms with Gasteiger partial charge < -0.3 is 4.74 Å². The predicted molar refractivity (Wildman–Crippen MR) is 63.3 cm³/mol. The lowest BCUT2D eigenvalue weighted by molar-refractivity contribution is -0.386. The average Bonchev–Trinajstić information content (AvgIpc) is 2.13. The third-order valence-electron chi connectivity index (χ3n) is 1.84. The van der Waals surface area contributed by atoms with Gasteiger partial charge in [-0.3, -0.25) is 14.7 Å². The first-order valence-corrected chi connectivity index (χ1v) is 6.40. The van der Waals surface area contributed by atoms with Crippen LogP contribution in [0.2, 0.25) is 0 Å². The van der Waals surface area contributed by atoms with E-state index in [0.29, 0.717) is 0 Å². The zero-order valence-electron chi connectivity index (χ0n) is 10.1. The minimum atomic E-state index is -4.48. The average molecular weight is 275 g/mol. The van der Waals surface area contributed by atoms with Crippen molar-refractivity contribution in [1.82, 2.24) is 0 Å². The van der Waals surface area contributed by atoms with Gasteiger partial charge in [0.15, 0.2) is 5.75 Å². The molecule has 100 valence electrons. The molecule has 0 bridgehead atoms. The van der Waals surface area contributed by atoms with E-state index in [1.807, 2.05) is 0 Å². The quantitative estimate of drug-likeness (QED) is 0.513. The minimum absolute atomic E-state index is 0.0556. The fourth-order valence-electron chi connectivity index (χ4n) is 1.22.